The topological polar surface area (TPSA) is 58.4 Å². The number of nitrogens with zero attached hydrogens (tertiary/aromatic N) is 3. The predicted octanol–water partition coefficient (Wildman–Crippen LogP) is 0.653. The number of hydrogen-bond donors (Lipinski definition) is 1. The fourth-order valence-corrected chi connectivity index (χ4v) is 1.48. The number of aliphatic hydroxyl groups is 1. The summed E-state index contributed by atoms with van der Waals surface area (Å²) in [5.74, 6) is -0.148. The van der Waals surface area contributed by atoms with Crippen molar-refractivity contribution in [3.8, 4) is 0 Å². The van der Waals surface area contributed by atoms with Crippen molar-refractivity contribution in [2.75, 3.05) is 13.1 Å². The largest absolute Gasteiger partial charge is 0.389 e. The zero-order valence-corrected chi connectivity index (χ0v) is 10.3. The van der Waals surface area contributed by atoms with Gasteiger partial charge in [0.25, 0.3) is 5.91 Å². The van der Waals surface area contributed by atoms with Gasteiger partial charge in [-0.2, -0.15) is 0 Å². The van der Waals surface area contributed by atoms with Crippen molar-refractivity contribution in [2.24, 2.45) is 7.05 Å². The van der Waals surface area contributed by atoms with E-state index in [-0.39, 0.29) is 5.91 Å². The molecule has 0 saturated heterocycles. The SMILES string of the molecule is CCN(CC(C)(C)O)C(=O)c1cn(C)cn1. The van der Waals surface area contributed by atoms with Crippen LogP contribution in [0.25, 0.3) is 0 Å². The van der Waals surface area contributed by atoms with Crippen molar-refractivity contribution in [3.63, 3.8) is 0 Å². The standard InChI is InChI=1S/C11H19N3O2/c1-5-14(7-11(2,3)16)10(15)9-6-13(4)8-12-9/h6,8,16H,5,7H2,1-4H3. The van der Waals surface area contributed by atoms with Crippen LogP contribution in [0.4, 0.5) is 0 Å². The maximum absolute atomic E-state index is 12.0. The molecule has 0 saturated carbocycles. The maximum atomic E-state index is 12.0. The van der Waals surface area contributed by atoms with E-state index in [0.29, 0.717) is 18.8 Å². The van der Waals surface area contributed by atoms with E-state index in [1.807, 2.05) is 14.0 Å². The molecule has 0 aliphatic rings. The molecule has 0 aliphatic heterocycles. The minimum Gasteiger partial charge on any atom is -0.389 e. The van der Waals surface area contributed by atoms with E-state index in [0.717, 1.165) is 0 Å². The molecule has 5 nitrogen and oxygen atoms in total. The van der Waals surface area contributed by atoms with Crippen LogP contribution in [-0.4, -0.2) is 44.2 Å². The number of aryl methyl sites for hydroxylation is 1. The molecule has 0 spiro atoms. The van der Waals surface area contributed by atoms with Crippen LogP contribution >= 0.6 is 0 Å². The lowest BCUT2D eigenvalue weighted by Crippen LogP contribution is -2.42. The Balaban J connectivity index is 2.78. The van der Waals surface area contributed by atoms with Crippen LogP contribution in [-0.2, 0) is 7.05 Å². The molecule has 16 heavy (non-hydrogen) atoms. The van der Waals surface area contributed by atoms with Crippen LogP contribution < -0.4 is 0 Å². The summed E-state index contributed by atoms with van der Waals surface area (Å²) in [6, 6.07) is 0. The van der Waals surface area contributed by atoms with E-state index in [9.17, 15) is 9.90 Å². The third kappa shape index (κ3) is 3.34. The fourth-order valence-electron chi connectivity index (χ4n) is 1.48. The molecule has 0 atom stereocenters. The van der Waals surface area contributed by atoms with Crippen molar-refractivity contribution >= 4 is 5.91 Å². The second kappa shape index (κ2) is 4.65. The summed E-state index contributed by atoms with van der Waals surface area (Å²) in [7, 11) is 1.82. The van der Waals surface area contributed by atoms with Gasteiger partial charge >= 0.3 is 0 Å². The zero-order valence-electron chi connectivity index (χ0n) is 10.3. The molecule has 0 aromatic carbocycles. The van der Waals surface area contributed by atoms with Gasteiger partial charge in [-0.05, 0) is 20.8 Å². The first-order valence-electron chi connectivity index (χ1n) is 5.33. The van der Waals surface area contributed by atoms with Crippen molar-refractivity contribution in [2.45, 2.75) is 26.4 Å². The van der Waals surface area contributed by atoms with Crippen molar-refractivity contribution in [1.82, 2.24) is 14.5 Å². The molecular formula is C11H19N3O2. The average Bonchev–Trinajstić information content (AvgIpc) is 2.58. The molecule has 0 bridgehead atoms. The Morgan fingerprint density at radius 2 is 2.25 bits per heavy atom. The van der Waals surface area contributed by atoms with Crippen LogP contribution in [0.5, 0.6) is 0 Å². The van der Waals surface area contributed by atoms with E-state index in [1.165, 1.54) is 0 Å². The monoisotopic (exact) mass is 225 g/mol. The highest BCUT2D eigenvalue weighted by molar-refractivity contribution is 5.92. The third-order valence-corrected chi connectivity index (χ3v) is 2.17. The molecule has 0 radical (unpaired) electrons. The fraction of sp³-hybridized carbons (Fsp3) is 0.636. The van der Waals surface area contributed by atoms with E-state index in [4.69, 9.17) is 0 Å². The highest BCUT2D eigenvalue weighted by Crippen LogP contribution is 2.08. The number of hydrogen-bond acceptors (Lipinski definition) is 3. The van der Waals surface area contributed by atoms with Gasteiger partial charge in [-0.15, -0.1) is 0 Å². The molecule has 0 unspecified atom stereocenters. The molecule has 0 aliphatic carbocycles. The molecule has 1 rings (SSSR count). The Hall–Kier alpha value is -1.36. The van der Waals surface area contributed by atoms with E-state index in [2.05, 4.69) is 4.98 Å². The Kier molecular flexibility index (Phi) is 3.70. The lowest BCUT2D eigenvalue weighted by atomic mass is 10.1. The van der Waals surface area contributed by atoms with Crippen LogP contribution in [0.15, 0.2) is 12.5 Å². The van der Waals surface area contributed by atoms with E-state index in [1.54, 1.807) is 35.8 Å². The van der Waals surface area contributed by atoms with E-state index >= 15 is 0 Å². The molecule has 1 amide bonds. The summed E-state index contributed by atoms with van der Waals surface area (Å²) in [5, 5.41) is 9.70. The van der Waals surface area contributed by atoms with Gasteiger partial charge < -0.3 is 14.6 Å². The summed E-state index contributed by atoms with van der Waals surface area (Å²) < 4.78 is 1.73. The second-order valence-electron chi connectivity index (χ2n) is 4.56. The highest BCUT2D eigenvalue weighted by atomic mass is 16.3. The first-order chi connectivity index (χ1) is 7.33. The first kappa shape index (κ1) is 12.7. The lowest BCUT2D eigenvalue weighted by Gasteiger charge is -2.27. The smallest absolute Gasteiger partial charge is 0.274 e. The predicted molar refractivity (Wildman–Crippen MR) is 61.1 cm³/mol. The van der Waals surface area contributed by atoms with Gasteiger partial charge in [-0.25, -0.2) is 4.98 Å². The molecule has 90 valence electrons. The third-order valence-electron chi connectivity index (χ3n) is 2.17. The van der Waals surface area contributed by atoms with Crippen molar-refractivity contribution in [1.29, 1.82) is 0 Å². The van der Waals surface area contributed by atoms with E-state index < -0.39 is 5.60 Å². The number of carbonyl (C=O) groups excluding carboxylic acids is 1. The molecule has 1 N–H and O–H groups in total. The van der Waals surface area contributed by atoms with Crippen LogP contribution in [0.1, 0.15) is 31.3 Å². The average molecular weight is 225 g/mol. The summed E-state index contributed by atoms with van der Waals surface area (Å²) >= 11 is 0. The molecular weight excluding hydrogens is 206 g/mol. The quantitative estimate of drug-likeness (QED) is 0.818. The van der Waals surface area contributed by atoms with Gasteiger partial charge in [-0.3, -0.25) is 4.79 Å². The maximum Gasteiger partial charge on any atom is 0.274 e. The Bertz CT molecular complexity index is 366. The van der Waals surface area contributed by atoms with Crippen LogP contribution in [0.3, 0.4) is 0 Å². The van der Waals surface area contributed by atoms with Crippen molar-refractivity contribution in [3.05, 3.63) is 18.2 Å². The molecule has 1 aromatic heterocycles. The van der Waals surface area contributed by atoms with Gasteiger partial charge in [0.15, 0.2) is 0 Å². The molecule has 0 fully saturated rings. The molecule has 1 heterocycles. The Morgan fingerprint density at radius 1 is 1.62 bits per heavy atom. The molecule has 5 heteroatoms. The number of imidazole rings is 1. The van der Waals surface area contributed by atoms with Crippen LogP contribution in [0.2, 0.25) is 0 Å². The first-order valence-corrected chi connectivity index (χ1v) is 5.33. The van der Waals surface area contributed by atoms with Gasteiger partial charge in [0, 0.05) is 26.3 Å². The lowest BCUT2D eigenvalue weighted by molar-refractivity contribution is 0.0312. The minimum atomic E-state index is -0.888. The summed E-state index contributed by atoms with van der Waals surface area (Å²) in [4.78, 5) is 17.6. The normalized spacial score (nSPS) is 11.6. The Labute approximate surface area is 95.7 Å². The highest BCUT2D eigenvalue weighted by Gasteiger charge is 2.23. The minimum absolute atomic E-state index is 0.148. The summed E-state index contributed by atoms with van der Waals surface area (Å²) in [5.41, 5.74) is -0.478. The number of likely N-dealkylation sites (N-methyl/N-ethyl adjacent to an activating group) is 1. The number of rotatable bonds is 4. The van der Waals surface area contributed by atoms with Gasteiger partial charge in [-0.1, -0.05) is 0 Å². The number of aromatic nitrogens is 2. The number of carbonyl (C=O) groups is 1. The number of amides is 1. The van der Waals surface area contributed by atoms with Gasteiger partial charge in [0.05, 0.1) is 11.9 Å². The molecule has 1 aromatic rings. The van der Waals surface area contributed by atoms with Crippen molar-refractivity contribution < 1.29 is 9.90 Å². The summed E-state index contributed by atoms with van der Waals surface area (Å²) in [6.45, 7) is 6.10. The second-order valence-corrected chi connectivity index (χ2v) is 4.56. The zero-order chi connectivity index (χ0) is 12.3. The van der Waals surface area contributed by atoms with Gasteiger partial charge in [0.1, 0.15) is 5.69 Å². The van der Waals surface area contributed by atoms with Gasteiger partial charge in [0.2, 0.25) is 0 Å². The summed E-state index contributed by atoms with van der Waals surface area (Å²) in [6.07, 6.45) is 3.26. The van der Waals surface area contributed by atoms with Crippen LogP contribution in [0, 0.1) is 0 Å². The Morgan fingerprint density at radius 3 is 2.62 bits per heavy atom.